The fourth-order valence-corrected chi connectivity index (χ4v) is 1.54. The molecule has 1 rings (SSSR count). The number of urea groups is 1. The molecule has 0 saturated heterocycles. The van der Waals surface area contributed by atoms with Crippen molar-refractivity contribution in [2.45, 2.75) is 11.3 Å². The molecule has 0 aliphatic rings. The van der Waals surface area contributed by atoms with Gasteiger partial charge in [-0.1, -0.05) is 0 Å². The van der Waals surface area contributed by atoms with E-state index in [0.29, 0.717) is 5.69 Å². The summed E-state index contributed by atoms with van der Waals surface area (Å²) >= 11 is 1.62. The second kappa shape index (κ2) is 6.80. The predicted molar refractivity (Wildman–Crippen MR) is 67.5 cm³/mol. The molecule has 1 aromatic rings. The van der Waals surface area contributed by atoms with E-state index in [0.717, 1.165) is 4.90 Å². The van der Waals surface area contributed by atoms with Crippen LogP contribution in [0.4, 0.5) is 10.5 Å². The van der Waals surface area contributed by atoms with Gasteiger partial charge in [-0.3, -0.25) is 4.79 Å². The Balaban J connectivity index is 2.37. The van der Waals surface area contributed by atoms with Crippen LogP contribution < -0.4 is 10.6 Å². The molecule has 6 heteroatoms. The van der Waals surface area contributed by atoms with Crippen LogP contribution in [0, 0.1) is 0 Å². The number of carbonyl (C=O) groups is 2. The third kappa shape index (κ3) is 5.26. The van der Waals surface area contributed by atoms with Crippen molar-refractivity contribution >= 4 is 29.4 Å². The lowest BCUT2D eigenvalue weighted by Gasteiger charge is -2.06. The number of nitrogens with one attached hydrogen (secondary N) is 2. The summed E-state index contributed by atoms with van der Waals surface area (Å²) < 4.78 is 0. The Morgan fingerprint density at radius 3 is 2.47 bits per heavy atom. The van der Waals surface area contributed by atoms with Crippen LogP contribution in [0.2, 0.25) is 0 Å². The van der Waals surface area contributed by atoms with Crippen molar-refractivity contribution < 1.29 is 14.7 Å². The minimum atomic E-state index is -0.936. The standard InChI is InChI=1S/C11H14N2O3S/c1-17-9-4-2-8(3-5-9)13-11(16)12-7-6-10(14)15/h2-5H,6-7H2,1H3,(H,14,15)(H2,12,13,16). The Kier molecular flexibility index (Phi) is 5.35. The molecular formula is C11H14N2O3S. The van der Waals surface area contributed by atoms with Gasteiger partial charge in [0, 0.05) is 17.1 Å². The Bertz CT molecular complexity index is 392. The van der Waals surface area contributed by atoms with Crippen LogP contribution in [0.15, 0.2) is 29.2 Å². The van der Waals surface area contributed by atoms with Crippen molar-refractivity contribution in [1.82, 2.24) is 5.32 Å². The average molecular weight is 254 g/mol. The van der Waals surface area contributed by atoms with E-state index < -0.39 is 12.0 Å². The van der Waals surface area contributed by atoms with E-state index in [-0.39, 0.29) is 13.0 Å². The molecule has 0 unspecified atom stereocenters. The minimum Gasteiger partial charge on any atom is -0.481 e. The fourth-order valence-electron chi connectivity index (χ4n) is 1.13. The Morgan fingerprint density at radius 2 is 1.94 bits per heavy atom. The number of carboxylic acids is 1. The van der Waals surface area contributed by atoms with Crippen molar-refractivity contribution in [2.24, 2.45) is 0 Å². The molecule has 0 bridgehead atoms. The zero-order chi connectivity index (χ0) is 12.7. The van der Waals surface area contributed by atoms with Crippen LogP contribution in [0.5, 0.6) is 0 Å². The molecular weight excluding hydrogens is 240 g/mol. The molecule has 5 nitrogen and oxygen atoms in total. The van der Waals surface area contributed by atoms with Crippen LogP contribution in [0.25, 0.3) is 0 Å². The van der Waals surface area contributed by atoms with E-state index in [1.807, 2.05) is 18.4 Å². The summed E-state index contributed by atoms with van der Waals surface area (Å²) in [5.41, 5.74) is 0.677. The van der Waals surface area contributed by atoms with Crippen molar-refractivity contribution in [3.8, 4) is 0 Å². The predicted octanol–water partition coefficient (Wildman–Crippen LogP) is 2.00. The molecule has 0 fully saturated rings. The van der Waals surface area contributed by atoms with Gasteiger partial charge >= 0.3 is 12.0 Å². The van der Waals surface area contributed by atoms with Crippen molar-refractivity contribution in [1.29, 1.82) is 0 Å². The molecule has 0 spiro atoms. The van der Waals surface area contributed by atoms with E-state index in [2.05, 4.69) is 10.6 Å². The third-order valence-electron chi connectivity index (χ3n) is 1.97. The second-order valence-electron chi connectivity index (χ2n) is 3.25. The van der Waals surface area contributed by atoms with E-state index in [9.17, 15) is 9.59 Å². The van der Waals surface area contributed by atoms with Gasteiger partial charge in [-0.05, 0) is 30.5 Å². The molecule has 0 aliphatic carbocycles. The number of aliphatic carboxylic acids is 1. The molecule has 1 aromatic carbocycles. The molecule has 0 aromatic heterocycles. The maximum atomic E-state index is 11.3. The summed E-state index contributed by atoms with van der Waals surface area (Å²) in [5, 5.41) is 13.5. The maximum Gasteiger partial charge on any atom is 0.319 e. The molecule has 0 heterocycles. The van der Waals surface area contributed by atoms with Gasteiger partial charge in [0.1, 0.15) is 0 Å². The highest BCUT2D eigenvalue weighted by molar-refractivity contribution is 7.98. The summed E-state index contributed by atoms with van der Waals surface area (Å²) in [6.45, 7) is 0.115. The van der Waals surface area contributed by atoms with Gasteiger partial charge in [-0.15, -0.1) is 11.8 Å². The van der Waals surface area contributed by atoms with Gasteiger partial charge in [0.05, 0.1) is 6.42 Å². The lowest BCUT2D eigenvalue weighted by atomic mass is 10.3. The molecule has 0 atom stereocenters. The topological polar surface area (TPSA) is 78.4 Å². The number of anilines is 1. The molecule has 17 heavy (non-hydrogen) atoms. The molecule has 0 saturated carbocycles. The summed E-state index contributed by atoms with van der Waals surface area (Å²) in [6.07, 6.45) is 1.89. The van der Waals surface area contributed by atoms with E-state index in [1.54, 1.807) is 23.9 Å². The van der Waals surface area contributed by atoms with Crippen molar-refractivity contribution in [2.75, 3.05) is 18.1 Å². The molecule has 0 radical (unpaired) electrons. The number of carboxylic acid groups (broad SMARTS) is 1. The van der Waals surface area contributed by atoms with Crippen molar-refractivity contribution in [3.05, 3.63) is 24.3 Å². The Hall–Kier alpha value is -1.69. The summed E-state index contributed by atoms with van der Waals surface area (Å²) in [5.74, 6) is -0.936. The number of hydrogen-bond donors (Lipinski definition) is 3. The summed E-state index contributed by atoms with van der Waals surface area (Å²) in [7, 11) is 0. The van der Waals surface area contributed by atoms with Gasteiger partial charge < -0.3 is 15.7 Å². The van der Waals surface area contributed by atoms with Gasteiger partial charge in [0.15, 0.2) is 0 Å². The maximum absolute atomic E-state index is 11.3. The van der Waals surface area contributed by atoms with Crippen LogP contribution in [0.1, 0.15) is 6.42 Å². The minimum absolute atomic E-state index is 0.0845. The zero-order valence-corrected chi connectivity index (χ0v) is 10.2. The van der Waals surface area contributed by atoms with Gasteiger partial charge in [-0.25, -0.2) is 4.79 Å². The third-order valence-corrected chi connectivity index (χ3v) is 2.72. The Labute approximate surface area is 104 Å². The molecule has 92 valence electrons. The quantitative estimate of drug-likeness (QED) is 0.702. The van der Waals surface area contributed by atoms with Gasteiger partial charge in [0.2, 0.25) is 0 Å². The molecule has 2 amide bonds. The lowest BCUT2D eigenvalue weighted by molar-refractivity contribution is -0.136. The number of thioether (sulfide) groups is 1. The average Bonchev–Trinajstić information content (AvgIpc) is 2.29. The molecule has 0 aliphatic heterocycles. The lowest BCUT2D eigenvalue weighted by Crippen LogP contribution is -2.30. The number of carbonyl (C=O) groups excluding carboxylic acids is 1. The fraction of sp³-hybridized carbons (Fsp3) is 0.273. The number of rotatable bonds is 5. The normalized spacial score (nSPS) is 9.71. The second-order valence-corrected chi connectivity index (χ2v) is 4.13. The highest BCUT2D eigenvalue weighted by atomic mass is 32.2. The first kappa shape index (κ1) is 13.4. The van der Waals surface area contributed by atoms with E-state index in [1.165, 1.54) is 0 Å². The number of hydrogen-bond acceptors (Lipinski definition) is 3. The van der Waals surface area contributed by atoms with Crippen LogP contribution >= 0.6 is 11.8 Å². The first-order valence-electron chi connectivity index (χ1n) is 5.02. The molecule has 3 N–H and O–H groups in total. The number of amides is 2. The van der Waals surface area contributed by atoms with Crippen LogP contribution in [-0.2, 0) is 4.79 Å². The highest BCUT2D eigenvalue weighted by Gasteiger charge is 2.02. The Morgan fingerprint density at radius 1 is 1.29 bits per heavy atom. The van der Waals surface area contributed by atoms with Crippen LogP contribution in [0.3, 0.4) is 0 Å². The van der Waals surface area contributed by atoms with Crippen molar-refractivity contribution in [3.63, 3.8) is 0 Å². The van der Waals surface area contributed by atoms with E-state index in [4.69, 9.17) is 5.11 Å². The first-order chi connectivity index (χ1) is 8.11. The largest absolute Gasteiger partial charge is 0.481 e. The zero-order valence-electron chi connectivity index (χ0n) is 9.40. The monoisotopic (exact) mass is 254 g/mol. The first-order valence-corrected chi connectivity index (χ1v) is 6.25. The smallest absolute Gasteiger partial charge is 0.319 e. The highest BCUT2D eigenvalue weighted by Crippen LogP contribution is 2.17. The SMILES string of the molecule is CSc1ccc(NC(=O)NCCC(=O)O)cc1. The van der Waals surface area contributed by atoms with Gasteiger partial charge in [-0.2, -0.15) is 0 Å². The number of benzene rings is 1. The van der Waals surface area contributed by atoms with Crippen LogP contribution in [-0.4, -0.2) is 29.9 Å². The summed E-state index contributed by atoms with van der Waals surface area (Å²) in [4.78, 5) is 22.7. The summed E-state index contributed by atoms with van der Waals surface area (Å²) in [6, 6.07) is 6.99. The van der Waals surface area contributed by atoms with Gasteiger partial charge in [0.25, 0.3) is 0 Å². The van der Waals surface area contributed by atoms with E-state index >= 15 is 0 Å².